The first kappa shape index (κ1) is 15.7. The van der Waals surface area contributed by atoms with E-state index in [-0.39, 0.29) is 12.0 Å². The van der Waals surface area contributed by atoms with Crippen molar-refractivity contribution in [3.05, 3.63) is 0 Å². The lowest BCUT2D eigenvalue weighted by molar-refractivity contribution is -0.146. The zero-order valence-electron chi connectivity index (χ0n) is 12.2. The van der Waals surface area contributed by atoms with Crippen molar-refractivity contribution in [1.82, 2.24) is 9.62 Å². The van der Waals surface area contributed by atoms with Crippen molar-refractivity contribution in [2.75, 3.05) is 26.0 Å². The molecule has 0 spiro atoms. The summed E-state index contributed by atoms with van der Waals surface area (Å²) >= 11 is 0. The predicted molar refractivity (Wildman–Crippen MR) is 75.8 cm³/mol. The highest BCUT2D eigenvalue weighted by Crippen LogP contribution is 2.31. The Labute approximate surface area is 120 Å². The second kappa shape index (κ2) is 5.99. The molecule has 1 amide bonds. The van der Waals surface area contributed by atoms with E-state index in [4.69, 9.17) is 4.74 Å². The van der Waals surface area contributed by atoms with Gasteiger partial charge in [-0.2, -0.15) is 4.72 Å². The van der Waals surface area contributed by atoms with E-state index in [1.165, 1.54) is 0 Å². The molecule has 116 valence electrons. The zero-order chi connectivity index (χ0) is 14.8. The fourth-order valence-electron chi connectivity index (χ4n) is 3.18. The number of hydrogen-bond donors (Lipinski definition) is 1. The van der Waals surface area contributed by atoms with Crippen LogP contribution >= 0.6 is 0 Å². The maximum Gasteiger partial charge on any atom is 0.244 e. The smallest absolute Gasteiger partial charge is 0.244 e. The van der Waals surface area contributed by atoms with E-state index in [0.29, 0.717) is 32.5 Å². The van der Waals surface area contributed by atoms with Crippen LogP contribution in [0.25, 0.3) is 0 Å². The topological polar surface area (TPSA) is 75.7 Å². The SMILES string of the molecule is CC1CN(C(=O)C2(NS(C)(=O)=O)CCCCC2)CCO1. The van der Waals surface area contributed by atoms with Gasteiger partial charge in [-0.05, 0) is 19.8 Å². The second-order valence-corrected chi connectivity index (χ2v) is 7.70. The first-order valence-electron chi connectivity index (χ1n) is 7.22. The van der Waals surface area contributed by atoms with Gasteiger partial charge in [0.1, 0.15) is 5.54 Å². The van der Waals surface area contributed by atoms with Gasteiger partial charge in [0.2, 0.25) is 15.9 Å². The molecule has 2 aliphatic rings. The van der Waals surface area contributed by atoms with Crippen LogP contribution in [0.3, 0.4) is 0 Å². The van der Waals surface area contributed by atoms with Crippen LogP contribution in [-0.4, -0.2) is 56.8 Å². The van der Waals surface area contributed by atoms with Crippen LogP contribution in [0.2, 0.25) is 0 Å². The second-order valence-electron chi connectivity index (χ2n) is 5.95. The van der Waals surface area contributed by atoms with E-state index in [2.05, 4.69) is 4.72 Å². The number of nitrogens with zero attached hydrogens (tertiary/aromatic N) is 1. The zero-order valence-corrected chi connectivity index (χ0v) is 13.0. The Kier molecular flexibility index (Phi) is 4.71. The summed E-state index contributed by atoms with van der Waals surface area (Å²) in [5, 5.41) is 0. The molecule has 0 aromatic rings. The lowest BCUT2D eigenvalue weighted by Crippen LogP contribution is -2.62. The Morgan fingerprint density at radius 1 is 1.30 bits per heavy atom. The molecule has 0 aromatic heterocycles. The van der Waals surface area contributed by atoms with Gasteiger partial charge in [0.15, 0.2) is 0 Å². The van der Waals surface area contributed by atoms with E-state index in [9.17, 15) is 13.2 Å². The Hall–Kier alpha value is -0.660. The minimum absolute atomic E-state index is 0.00609. The lowest BCUT2D eigenvalue weighted by atomic mass is 9.81. The maximum atomic E-state index is 12.8. The lowest BCUT2D eigenvalue weighted by Gasteiger charge is -2.42. The van der Waals surface area contributed by atoms with Crippen molar-refractivity contribution < 1.29 is 17.9 Å². The standard InChI is InChI=1S/C13H24N2O4S/c1-11-10-15(8-9-19-11)12(16)13(14-20(2,17)18)6-4-3-5-7-13/h11,14H,3-10H2,1-2H3. The Balaban J connectivity index is 2.19. The van der Waals surface area contributed by atoms with Gasteiger partial charge in [0.05, 0.1) is 19.0 Å². The highest BCUT2D eigenvalue weighted by molar-refractivity contribution is 7.88. The Morgan fingerprint density at radius 3 is 2.50 bits per heavy atom. The summed E-state index contributed by atoms with van der Waals surface area (Å²) in [6, 6.07) is 0. The number of nitrogens with one attached hydrogen (secondary N) is 1. The molecule has 7 heteroatoms. The number of carbonyl (C=O) groups is 1. The third-order valence-electron chi connectivity index (χ3n) is 4.03. The van der Waals surface area contributed by atoms with Crippen LogP contribution in [0, 0.1) is 0 Å². The van der Waals surface area contributed by atoms with Gasteiger partial charge in [-0.1, -0.05) is 19.3 Å². The molecule has 1 saturated heterocycles. The molecule has 20 heavy (non-hydrogen) atoms. The van der Waals surface area contributed by atoms with Gasteiger partial charge in [-0.15, -0.1) is 0 Å². The largest absolute Gasteiger partial charge is 0.375 e. The monoisotopic (exact) mass is 304 g/mol. The molecule has 0 bridgehead atoms. The Morgan fingerprint density at radius 2 is 1.95 bits per heavy atom. The minimum Gasteiger partial charge on any atom is -0.375 e. The molecular weight excluding hydrogens is 280 g/mol. The van der Waals surface area contributed by atoms with Gasteiger partial charge in [0.25, 0.3) is 0 Å². The predicted octanol–water partition coefficient (Wildman–Crippen LogP) is 0.486. The third kappa shape index (κ3) is 3.71. The van der Waals surface area contributed by atoms with Crippen molar-refractivity contribution in [2.24, 2.45) is 0 Å². The minimum atomic E-state index is -3.41. The molecule has 1 N–H and O–H groups in total. The summed E-state index contributed by atoms with van der Waals surface area (Å²) < 4.78 is 31.4. The first-order valence-corrected chi connectivity index (χ1v) is 9.11. The number of amides is 1. The normalized spacial score (nSPS) is 27.3. The van der Waals surface area contributed by atoms with E-state index < -0.39 is 15.6 Å². The number of rotatable bonds is 3. The fourth-order valence-corrected chi connectivity index (χ4v) is 4.18. The molecule has 2 rings (SSSR count). The highest BCUT2D eigenvalue weighted by atomic mass is 32.2. The van der Waals surface area contributed by atoms with Crippen LogP contribution in [0.4, 0.5) is 0 Å². The molecule has 1 aliphatic carbocycles. The van der Waals surface area contributed by atoms with E-state index in [0.717, 1.165) is 25.5 Å². The molecular formula is C13H24N2O4S. The van der Waals surface area contributed by atoms with E-state index in [1.54, 1.807) is 4.90 Å². The summed E-state index contributed by atoms with van der Waals surface area (Å²) in [7, 11) is -3.41. The van der Waals surface area contributed by atoms with Crippen molar-refractivity contribution in [3.63, 3.8) is 0 Å². The third-order valence-corrected chi connectivity index (χ3v) is 4.79. The average molecular weight is 304 g/mol. The number of sulfonamides is 1. The van der Waals surface area contributed by atoms with Gasteiger partial charge >= 0.3 is 0 Å². The van der Waals surface area contributed by atoms with Crippen molar-refractivity contribution in [2.45, 2.75) is 50.7 Å². The molecule has 1 heterocycles. The van der Waals surface area contributed by atoms with Crippen molar-refractivity contribution >= 4 is 15.9 Å². The molecule has 1 saturated carbocycles. The number of hydrogen-bond acceptors (Lipinski definition) is 4. The molecule has 2 fully saturated rings. The quantitative estimate of drug-likeness (QED) is 0.823. The highest BCUT2D eigenvalue weighted by Gasteiger charge is 2.44. The van der Waals surface area contributed by atoms with Crippen LogP contribution in [0.1, 0.15) is 39.0 Å². The van der Waals surface area contributed by atoms with Gasteiger partial charge in [-0.3, -0.25) is 4.79 Å². The summed E-state index contributed by atoms with van der Waals surface area (Å²) in [4.78, 5) is 14.6. The summed E-state index contributed by atoms with van der Waals surface area (Å²) in [6.07, 6.45) is 5.13. The van der Waals surface area contributed by atoms with Crippen LogP contribution in [0.5, 0.6) is 0 Å². The fraction of sp³-hybridized carbons (Fsp3) is 0.923. The first-order chi connectivity index (χ1) is 9.32. The van der Waals surface area contributed by atoms with Gasteiger partial charge < -0.3 is 9.64 Å². The Bertz CT molecular complexity index is 457. The maximum absolute atomic E-state index is 12.8. The average Bonchev–Trinajstić information content (AvgIpc) is 2.37. The van der Waals surface area contributed by atoms with Crippen molar-refractivity contribution in [3.8, 4) is 0 Å². The number of ether oxygens (including phenoxy) is 1. The molecule has 0 radical (unpaired) electrons. The molecule has 1 aliphatic heterocycles. The molecule has 6 nitrogen and oxygen atoms in total. The van der Waals surface area contributed by atoms with Crippen LogP contribution in [0.15, 0.2) is 0 Å². The molecule has 1 unspecified atom stereocenters. The summed E-state index contributed by atoms with van der Waals surface area (Å²) in [5.41, 5.74) is -0.942. The number of morpholine rings is 1. The van der Waals surface area contributed by atoms with Gasteiger partial charge in [0, 0.05) is 13.1 Å². The van der Waals surface area contributed by atoms with E-state index >= 15 is 0 Å². The van der Waals surface area contributed by atoms with Crippen LogP contribution < -0.4 is 4.72 Å². The van der Waals surface area contributed by atoms with E-state index in [1.807, 2.05) is 6.92 Å². The summed E-state index contributed by atoms with van der Waals surface area (Å²) in [6.45, 7) is 3.52. The molecule has 1 atom stereocenters. The van der Waals surface area contributed by atoms with Crippen LogP contribution in [-0.2, 0) is 19.6 Å². The van der Waals surface area contributed by atoms with Gasteiger partial charge in [-0.25, -0.2) is 8.42 Å². The number of carbonyl (C=O) groups excluding carboxylic acids is 1. The molecule has 0 aromatic carbocycles. The summed E-state index contributed by atoms with van der Waals surface area (Å²) in [5.74, 6) is -0.0854. The van der Waals surface area contributed by atoms with Crippen molar-refractivity contribution in [1.29, 1.82) is 0 Å².